The average molecular weight is 438 g/mol. The van der Waals surface area contributed by atoms with E-state index in [0.717, 1.165) is 16.7 Å². The van der Waals surface area contributed by atoms with Crippen molar-refractivity contribution in [2.75, 3.05) is 17.7 Å². The number of hydrogen-bond acceptors (Lipinski definition) is 4. The van der Waals surface area contributed by atoms with Crippen molar-refractivity contribution in [2.24, 2.45) is 4.99 Å². The van der Waals surface area contributed by atoms with Gasteiger partial charge >= 0.3 is 0 Å². The van der Waals surface area contributed by atoms with Crippen molar-refractivity contribution in [3.8, 4) is 0 Å². The summed E-state index contributed by atoms with van der Waals surface area (Å²) in [7, 11) is 1.51. The number of amides is 2. The van der Waals surface area contributed by atoms with Gasteiger partial charge in [0, 0.05) is 7.05 Å². The van der Waals surface area contributed by atoms with Crippen molar-refractivity contribution in [3.05, 3.63) is 69.6 Å². The highest BCUT2D eigenvalue weighted by molar-refractivity contribution is 8.14. The van der Waals surface area contributed by atoms with Gasteiger partial charge in [-0.2, -0.15) is 0 Å². The minimum atomic E-state index is -0.570. The Hall–Kier alpha value is -2.35. The largest absolute Gasteiger partial charge is 0.358 e. The Morgan fingerprint density at radius 2 is 2.00 bits per heavy atom. The van der Waals surface area contributed by atoms with Crippen LogP contribution >= 0.6 is 35.0 Å². The monoisotopic (exact) mass is 437 g/mol. The number of halogens is 3. The standard InChI is InChI=1S/C19H14Cl2FN3O2S/c1-23-17(26)10-28-19-24-15(9-11-6-7-12(20)13(21)8-11)18(27)25(19)16-5-3-2-4-14(16)22/h2-9H,10H2,1H3,(H,23,26)/b15-9-. The van der Waals surface area contributed by atoms with Gasteiger partial charge in [-0.1, -0.05) is 53.2 Å². The van der Waals surface area contributed by atoms with Crippen LogP contribution in [-0.2, 0) is 9.59 Å². The zero-order valence-electron chi connectivity index (χ0n) is 14.6. The summed E-state index contributed by atoms with van der Waals surface area (Å²) in [5, 5.41) is 3.43. The van der Waals surface area contributed by atoms with Crippen LogP contribution in [0.5, 0.6) is 0 Å². The molecule has 0 saturated heterocycles. The van der Waals surface area contributed by atoms with E-state index in [2.05, 4.69) is 10.3 Å². The summed E-state index contributed by atoms with van der Waals surface area (Å²) in [5.41, 5.74) is 0.779. The SMILES string of the molecule is CNC(=O)CSC1=N/C(=C\c2ccc(Cl)c(Cl)c2)C(=O)N1c1ccccc1F. The van der Waals surface area contributed by atoms with Gasteiger partial charge in [-0.15, -0.1) is 0 Å². The number of amidine groups is 1. The lowest BCUT2D eigenvalue weighted by atomic mass is 10.2. The van der Waals surface area contributed by atoms with Crippen molar-refractivity contribution in [1.29, 1.82) is 0 Å². The van der Waals surface area contributed by atoms with Crippen LogP contribution in [0.15, 0.2) is 53.2 Å². The predicted octanol–water partition coefficient (Wildman–Crippen LogP) is 4.36. The van der Waals surface area contributed by atoms with Crippen molar-refractivity contribution in [3.63, 3.8) is 0 Å². The summed E-state index contributed by atoms with van der Waals surface area (Å²) >= 11 is 13.0. The van der Waals surface area contributed by atoms with E-state index in [1.807, 2.05) is 0 Å². The number of benzene rings is 2. The highest BCUT2D eigenvalue weighted by Crippen LogP contribution is 2.31. The average Bonchev–Trinajstić information content (AvgIpc) is 2.98. The third-order valence-corrected chi connectivity index (χ3v) is 5.46. The first kappa shape index (κ1) is 20.4. The molecule has 0 fully saturated rings. The molecule has 0 aliphatic carbocycles. The lowest BCUT2D eigenvalue weighted by Gasteiger charge is -2.18. The van der Waals surface area contributed by atoms with Crippen LogP contribution < -0.4 is 10.2 Å². The van der Waals surface area contributed by atoms with Crippen LogP contribution in [0.25, 0.3) is 6.08 Å². The molecule has 0 radical (unpaired) electrons. The van der Waals surface area contributed by atoms with Crippen molar-refractivity contribution >= 4 is 63.7 Å². The summed E-state index contributed by atoms with van der Waals surface area (Å²) in [5.74, 6) is -1.28. The van der Waals surface area contributed by atoms with Crippen molar-refractivity contribution < 1.29 is 14.0 Å². The van der Waals surface area contributed by atoms with E-state index in [1.165, 1.54) is 31.3 Å². The Balaban J connectivity index is 2.00. The minimum Gasteiger partial charge on any atom is -0.358 e. The molecular formula is C19H14Cl2FN3O2S. The molecule has 9 heteroatoms. The first-order chi connectivity index (χ1) is 13.4. The van der Waals surface area contributed by atoms with E-state index in [-0.39, 0.29) is 28.2 Å². The van der Waals surface area contributed by atoms with E-state index < -0.39 is 11.7 Å². The molecule has 0 unspecified atom stereocenters. The topological polar surface area (TPSA) is 61.8 Å². The molecular weight excluding hydrogens is 424 g/mol. The van der Waals surface area contributed by atoms with Crippen LogP contribution in [-0.4, -0.2) is 29.8 Å². The van der Waals surface area contributed by atoms with Gasteiger partial charge in [0.2, 0.25) is 5.91 Å². The Bertz CT molecular complexity index is 1010. The third kappa shape index (κ3) is 4.38. The fourth-order valence-electron chi connectivity index (χ4n) is 2.40. The van der Waals surface area contributed by atoms with Crippen LogP contribution in [0.1, 0.15) is 5.56 Å². The Morgan fingerprint density at radius 1 is 1.25 bits per heavy atom. The van der Waals surface area contributed by atoms with Gasteiger partial charge in [0.1, 0.15) is 11.5 Å². The van der Waals surface area contributed by atoms with Gasteiger partial charge in [0.05, 0.1) is 21.5 Å². The first-order valence-electron chi connectivity index (χ1n) is 8.08. The molecule has 0 saturated carbocycles. The summed E-state index contributed by atoms with van der Waals surface area (Å²) < 4.78 is 14.3. The summed E-state index contributed by atoms with van der Waals surface area (Å²) in [6, 6.07) is 10.8. The lowest BCUT2D eigenvalue weighted by Crippen LogP contribution is -2.32. The number of nitrogens with one attached hydrogen (secondary N) is 1. The summed E-state index contributed by atoms with van der Waals surface area (Å²) in [6.45, 7) is 0. The lowest BCUT2D eigenvalue weighted by molar-refractivity contribution is -0.118. The highest BCUT2D eigenvalue weighted by Gasteiger charge is 2.33. The van der Waals surface area contributed by atoms with E-state index in [0.29, 0.717) is 15.6 Å². The number of carbonyl (C=O) groups excluding carboxylic acids is 2. The predicted molar refractivity (Wildman–Crippen MR) is 112 cm³/mol. The van der Waals surface area contributed by atoms with Gasteiger partial charge in [-0.05, 0) is 35.9 Å². The molecule has 144 valence electrons. The van der Waals surface area contributed by atoms with Gasteiger partial charge in [-0.25, -0.2) is 9.38 Å². The number of nitrogens with zero attached hydrogens (tertiary/aromatic N) is 2. The molecule has 2 amide bonds. The van der Waals surface area contributed by atoms with Crippen LogP contribution in [0, 0.1) is 5.82 Å². The molecule has 1 aliphatic heterocycles. The Kier molecular flexibility index (Phi) is 6.39. The van der Waals surface area contributed by atoms with Crippen LogP contribution in [0.2, 0.25) is 10.0 Å². The van der Waals surface area contributed by atoms with Gasteiger partial charge in [0.25, 0.3) is 5.91 Å². The molecule has 5 nitrogen and oxygen atoms in total. The first-order valence-corrected chi connectivity index (χ1v) is 9.82. The maximum atomic E-state index is 14.3. The van der Waals surface area contributed by atoms with E-state index in [9.17, 15) is 14.0 Å². The number of thioether (sulfide) groups is 1. The molecule has 0 spiro atoms. The number of para-hydroxylation sites is 1. The number of hydrogen-bond donors (Lipinski definition) is 1. The number of anilines is 1. The molecule has 2 aromatic carbocycles. The molecule has 1 heterocycles. The number of aliphatic imine (C=N–C) groups is 1. The van der Waals surface area contributed by atoms with Crippen LogP contribution in [0.3, 0.4) is 0 Å². The van der Waals surface area contributed by atoms with E-state index in [1.54, 1.807) is 24.3 Å². The normalized spacial score (nSPS) is 15.1. The Morgan fingerprint density at radius 3 is 2.68 bits per heavy atom. The van der Waals surface area contributed by atoms with Crippen LogP contribution in [0.4, 0.5) is 10.1 Å². The molecule has 28 heavy (non-hydrogen) atoms. The fourth-order valence-corrected chi connectivity index (χ4v) is 3.59. The second-order valence-electron chi connectivity index (χ2n) is 5.65. The second kappa shape index (κ2) is 8.77. The molecule has 2 aromatic rings. The van der Waals surface area contributed by atoms with E-state index >= 15 is 0 Å². The van der Waals surface area contributed by atoms with Gasteiger partial charge in [-0.3, -0.25) is 14.5 Å². The second-order valence-corrected chi connectivity index (χ2v) is 7.41. The number of carbonyl (C=O) groups is 2. The highest BCUT2D eigenvalue weighted by atomic mass is 35.5. The molecule has 0 atom stereocenters. The summed E-state index contributed by atoms with van der Waals surface area (Å²) in [4.78, 5) is 30.0. The Labute approximate surface area is 175 Å². The molecule has 0 bridgehead atoms. The molecule has 0 aromatic heterocycles. The smallest absolute Gasteiger partial charge is 0.283 e. The molecule has 1 aliphatic rings. The summed E-state index contributed by atoms with van der Waals surface area (Å²) in [6.07, 6.45) is 1.53. The zero-order chi connectivity index (χ0) is 20.3. The maximum Gasteiger partial charge on any atom is 0.283 e. The third-order valence-electron chi connectivity index (χ3n) is 3.78. The van der Waals surface area contributed by atoms with Crippen molar-refractivity contribution in [2.45, 2.75) is 0 Å². The quantitative estimate of drug-likeness (QED) is 0.722. The number of rotatable bonds is 4. The molecule has 3 rings (SSSR count). The maximum absolute atomic E-state index is 14.3. The zero-order valence-corrected chi connectivity index (χ0v) is 16.9. The molecule has 1 N–H and O–H groups in total. The van der Waals surface area contributed by atoms with Gasteiger partial charge in [0.15, 0.2) is 5.17 Å². The minimum absolute atomic E-state index is 0.0353. The van der Waals surface area contributed by atoms with Gasteiger partial charge < -0.3 is 5.32 Å². The van der Waals surface area contributed by atoms with Crippen molar-refractivity contribution in [1.82, 2.24) is 5.32 Å². The fraction of sp³-hybridized carbons (Fsp3) is 0.105. The van der Waals surface area contributed by atoms with E-state index in [4.69, 9.17) is 23.2 Å².